The van der Waals surface area contributed by atoms with Gasteiger partial charge in [0.15, 0.2) is 6.61 Å². The number of rotatable bonds is 10. The van der Waals surface area contributed by atoms with E-state index in [9.17, 15) is 31.2 Å². The minimum Gasteiger partial charge on any atom is -0.484 e. The third-order valence-electron chi connectivity index (χ3n) is 6.61. The summed E-state index contributed by atoms with van der Waals surface area (Å²) in [6.45, 7) is 3.28. The number of carbonyl (C=O) groups excluding carboxylic acids is 2. The smallest absolute Gasteiger partial charge is 0.421 e. The lowest BCUT2D eigenvalue weighted by Gasteiger charge is -2.33. The number of nitrogens with zero attached hydrogens (tertiary/aromatic N) is 5. The van der Waals surface area contributed by atoms with E-state index in [-0.39, 0.29) is 67.6 Å². The van der Waals surface area contributed by atoms with Gasteiger partial charge in [-0.2, -0.15) is 22.5 Å². The Kier molecular flexibility index (Phi) is 9.97. The van der Waals surface area contributed by atoms with Crippen molar-refractivity contribution in [2.45, 2.75) is 20.0 Å². The third-order valence-corrected chi connectivity index (χ3v) is 7.91. The van der Waals surface area contributed by atoms with E-state index in [1.165, 1.54) is 53.7 Å². The molecule has 2 aromatic heterocycles. The molecule has 1 saturated heterocycles. The molecule has 3 heterocycles. The molecule has 0 radical (unpaired) electrons. The summed E-state index contributed by atoms with van der Waals surface area (Å²) in [5, 5.41) is 8.03. The van der Waals surface area contributed by atoms with Gasteiger partial charge >= 0.3 is 6.18 Å². The second-order valence-corrected chi connectivity index (χ2v) is 11.9. The molecule has 3 N–H and O–H groups in total. The number of nitrogens with one attached hydrogen (secondary N) is 3. The Morgan fingerprint density at radius 3 is 2.33 bits per heavy atom. The summed E-state index contributed by atoms with van der Waals surface area (Å²) < 4.78 is 77.2. The number of sulfonamides is 1. The number of pyridine rings is 1. The normalized spacial score (nSPS) is 14.1. The van der Waals surface area contributed by atoms with E-state index in [1.807, 2.05) is 0 Å². The fourth-order valence-corrected chi connectivity index (χ4v) is 5.09. The molecule has 1 fully saturated rings. The molecule has 4 rings (SSSR count). The summed E-state index contributed by atoms with van der Waals surface area (Å²) in [6.07, 6.45) is -1.58. The highest BCUT2D eigenvalue weighted by atomic mass is 32.2. The predicted octanol–water partition coefficient (Wildman–Crippen LogP) is 3.14. The second-order valence-electron chi connectivity index (χ2n) is 9.97. The number of benzene rings is 1. The molecule has 0 spiro atoms. The van der Waals surface area contributed by atoms with Crippen LogP contribution in [-0.4, -0.2) is 90.5 Å². The van der Waals surface area contributed by atoms with E-state index in [4.69, 9.17) is 9.47 Å². The molecule has 14 nitrogen and oxygen atoms in total. The number of carbonyl (C=O) groups is 2. The van der Waals surface area contributed by atoms with E-state index in [2.05, 4.69) is 30.9 Å². The van der Waals surface area contributed by atoms with Gasteiger partial charge in [0, 0.05) is 57.6 Å². The Hall–Kier alpha value is -4.71. The minimum atomic E-state index is -4.82. The third kappa shape index (κ3) is 8.69. The van der Waals surface area contributed by atoms with Crippen LogP contribution >= 0.6 is 0 Å². The van der Waals surface area contributed by atoms with Crippen LogP contribution in [0.15, 0.2) is 36.7 Å². The monoisotopic (exact) mass is 652 g/mol. The zero-order valence-electron chi connectivity index (χ0n) is 24.7. The largest absolute Gasteiger partial charge is 0.484 e. The predicted molar refractivity (Wildman–Crippen MR) is 158 cm³/mol. The first-order valence-corrected chi connectivity index (χ1v) is 15.2. The quantitative estimate of drug-likeness (QED) is 0.294. The topological polar surface area (TPSA) is 168 Å². The number of halogens is 3. The molecule has 3 aromatic rings. The van der Waals surface area contributed by atoms with Crippen molar-refractivity contribution in [2.24, 2.45) is 0 Å². The molecule has 1 aromatic carbocycles. The zero-order valence-corrected chi connectivity index (χ0v) is 25.5. The van der Waals surface area contributed by atoms with Gasteiger partial charge in [-0.25, -0.2) is 18.4 Å². The highest BCUT2D eigenvalue weighted by Crippen LogP contribution is 2.37. The second kappa shape index (κ2) is 13.5. The van der Waals surface area contributed by atoms with Gasteiger partial charge in [0.1, 0.15) is 17.1 Å². The van der Waals surface area contributed by atoms with Crippen molar-refractivity contribution in [3.8, 4) is 11.6 Å². The number of aromatic nitrogens is 3. The van der Waals surface area contributed by atoms with Crippen molar-refractivity contribution in [1.29, 1.82) is 0 Å². The Morgan fingerprint density at radius 1 is 1.00 bits per heavy atom. The number of hydrogen-bond acceptors (Lipinski definition) is 11. The van der Waals surface area contributed by atoms with Gasteiger partial charge in [-0.3, -0.25) is 9.59 Å². The molecule has 45 heavy (non-hydrogen) atoms. The minimum absolute atomic E-state index is 0.0534. The Morgan fingerprint density at radius 2 is 1.71 bits per heavy atom. The van der Waals surface area contributed by atoms with Crippen molar-refractivity contribution >= 4 is 50.7 Å². The van der Waals surface area contributed by atoms with E-state index in [1.54, 1.807) is 6.92 Å². The number of amides is 2. The van der Waals surface area contributed by atoms with E-state index in [0.717, 1.165) is 6.26 Å². The molecule has 0 saturated carbocycles. The molecule has 0 unspecified atom stereocenters. The van der Waals surface area contributed by atoms with Gasteiger partial charge < -0.3 is 30.3 Å². The molecule has 0 aliphatic carbocycles. The van der Waals surface area contributed by atoms with Gasteiger partial charge in [0.2, 0.25) is 27.8 Å². The van der Waals surface area contributed by atoms with Crippen LogP contribution in [0.2, 0.25) is 0 Å². The van der Waals surface area contributed by atoms with Crippen molar-refractivity contribution in [1.82, 2.24) is 24.2 Å². The molecule has 242 valence electrons. The van der Waals surface area contributed by atoms with E-state index < -0.39 is 33.5 Å². The first kappa shape index (κ1) is 33.2. The standard InChI is InChI=1S/C27H31F3N8O6S/c1-16-13-31-23(43-3)12-21(16)35-26-32-14-19(27(28,29)30)25(36-26)34-20-6-5-18(11-22(20)33-17(2)39)44-15-24(40)37-7-9-38(10-8-37)45(4,41)42/h5-6,11-14H,7-10,15H2,1-4H3,(H,33,39)(H2,31,32,34,35,36). The van der Waals surface area contributed by atoms with E-state index in [0.29, 0.717) is 17.4 Å². The van der Waals surface area contributed by atoms with Crippen molar-refractivity contribution in [3.63, 3.8) is 0 Å². The average Bonchev–Trinajstić information content (AvgIpc) is 2.97. The van der Waals surface area contributed by atoms with Crippen LogP contribution in [0.25, 0.3) is 0 Å². The van der Waals surface area contributed by atoms with Crippen LogP contribution in [0.4, 0.5) is 42.0 Å². The lowest BCUT2D eigenvalue weighted by atomic mass is 10.2. The van der Waals surface area contributed by atoms with Gasteiger partial charge in [-0.1, -0.05) is 0 Å². The summed E-state index contributed by atoms with van der Waals surface area (Å²) in [6, 6.07) is 5.65. The molecule has 0 atom stereocenters. The first-order valence-electron chi connectivity index (χ1n) is 13.4. The average molecular weight is 653 g/mol. The summed E-state index contributed by atoms with van der Waals surface area (Å²) in [4.78, 5) is 38.0. The molecule has 1 aliphatic rings. The molecule has 0 bridgehead atoms. The molecular formula is C27H31F3N8O6S. The fraction of sp³-hybridized carbons (Fsp3) is 0.370. The summed E-state index contributed by atoms with van der Waals surface area (Å²) in [5.74, 6) is -1.23. The number of anilines is 5. The van der Waals surface area contributed by atoms with Gasteiger partial charge in [-0.15, -0.1) is 0 Å². The molecular weight excluding hydrogens is 621 g/mol. The first-order chi connectivity index (χ1) is 21.1. The van der Waals surface area contributed by atoms with Crippen LogP contribution in [-0.2, 0) is 25.8 Å². The van der Waals surface area contributed by atoms with Crippen LogP contribution in [0.5, 0.6) is 11.6 Å². The molecule has 2 amide bonds. The lowest BCUT2D eigenvalue weighted by molar-refractivity contribution is -0.137. The fourth-order valence-electron chi connectivity index (χ4n) is 4.26. The van der Waals surface area contributed by atoms with Crippen LogP contribution in [0.1, 0.15) is 18.1 Å². The zero-order chi connectivity index (χ0) is 32.9. The van der Waals surface area contributed by atoms with Crippen molar-refractivity contribution in [3.05, 3.63) is 47.8 Å². The highest BCUT2D eigenvalue weighted by Gasteiger charge is 2.36. The van der Waals surface area contributed by atoms with Gasteiger partial charge in [-0.05, 0) is 24.6 Å². The van der Waals surface area contributed by atoms with E-state index >= 15 is 0 Å². The molecule has 1 aliphatic heterocycles. The maximum atomic E-state index is 13.9. The van der Waals surface area contributed by atoms with Crippen molar-refractivity contribution < 1.29 is 40.7 Å². The van der Waals surface area contributed by atoms with Crippen LogP contribution in [0.3, 0.4) is 0 Å². The summed E-state index contributed by atoms with van der Waals surface area (Å²) >= 11 is 0. The maximum absolute atomic E-state index is 13.9. The van der Waals surface area contributed by atoms with Gasteiger partial charge in [0.25, 0.3) is 5.91 Å². The lowest BCUT2D eigenvalue weighted by Crippen LogP contribution is -2.51. The Balaban J connectivity index is 1.54. The molecule has 18 heteroatoms. The SMILES string of the molecule is COc1cc(Nc2ncc(C(F)(F)F)c(Nc3ccc(OCC(=O)N4CCN(S(C)(=O)=O)CC4)cc3NC(C)=O)n2)c(C)cn1. The van der Waals surface area contributed by atoms with Crippen LogP contribution < -0.4 is 25.4 Å². The number of hydrogen-bond donors (Lipinski definition) is 3. The number of methoxy groups -OCH3 is 1. The summed E-state index contributed by atoms with van der Waals surface area (Å²) in [7, 11) is -1.94. The Bertz CT molecular complexity index is 1680. The number of alkyl halides is 3. The number of ether oxygens (including phenoxy) is 2. The number of aryl methyl sites for hydroxylation is 1. The summed E-state index contributed by atoms with van der Waals surface area (Å²) in [5.41, 5.74) is 0.0717. The van der Waals surface area contributed by atoms with Crippen molar-refractivity contribution in [2.75, 3.05) is 62.1 Å². The van der Waals surface area contributed by atoms with Crippen LogP contribution in [0, 0.1) is 6.92 Å². The van der Waals surface area contributed by atoms with Gasteiger partial charge in [0.05, 0.1) is 30.4 Å². The number of piperazine rings is 1. The Labute approximate surface area is 257 Å². The maximum Gasteiger partial charge on any atom is 0.421 e. The highest BCUT2D eigenvalue weighted by molar-refractivity contribution is 7.88.